The summed E-state index contributed by atoms with van der Waals surface area (Å²) in [6, 6.07) is 6.96. The molecule has 2 aromatic rings. The Hall–Kier alpha value is -1.89. The van der Waals surface area contributed by atoms with Crippen LogP contribution in [0.25, 0.3) is 11.4 Å². The third kappa shape index (κ3) is 3.61. The predicted octanol–water partition coefficient (Wildman–Crippen LogP) is 3.49. The Morgan fingerprint density at radius 1 is 1.33 bits per heavy atom. The molecule has 3 rings (SSSR count). The molecule has 0 unspecified atom stereocenters. The van der Waals surface area contributed by atoms with E-state index >= 15 is 0 Å². The highest BCUT2D eigenvalue weighted by atomic mass is 32.2. The van der Waals surface area contributed by atoms with E-state index in [-0.39, 0.29) is 23.8 Å². The van der Waals surface area contributed by atoms with Crippen LogP contribution in [0.3, 0.4) is 0 Å². The number of thioether (sulfide) groups is 1. The number of H-pyrrole nitrogens is 1. The fourth-order valence-corrected chi connectivity index (χ4v) is 3.87. The fraction of sp³-hybridized carbons (Fsp3) is 0.471. The Kier molecular flexibility index (Phi) is 5.18. The van der Waals surface area contributed by atoms with E-state index in [1.807, 2.05) is 4.90 Å². The van der Waals surface area contributed by atoms with E-state index in [1.54, 1.807) is 18.2 Å². The van der Waals surface area contributed by atoms with Gasteiger partial charge >= 0.3 is 0 Å². The van der Waals surface area contributed by atoms with Crippen LogP contribution in [0.4, 0.5) is 4.39 Å². The van der Waals surface area contributed by atoms with E-state index < -0.39 is 0 Å². The second-order valence-corrected chi connectivity index (χ2v) is 7.11. The van der Waals surface area contributed by atoms with Crippen molar-refractivity contribution in [2.45, 2.75) is 50.4 Å². The van der Waals surface area contributed by atoms with Gasteiger partial charge in [0, 0.05) is 12.1 Å². The summed E-state index contributed by atoms with van der Waals surface area (Å²) in [5.74, 6) is 0.431. The van der Waals surface area contributed by atoms with Gasteiger partial charge in [-0.05, 0) is 45.2 Å². The molecule has 0 bridgehead atoms. The standard InChI is InChI=1S/C17H21FN4OS/c1-11-6-5-7-12(2)22(11)15(23)10-24-17-19-16(20-21-17)13-8-3-4-9-14(13)18/h3-4,8-9,11-12H,5-7,10H2,1-2H3,(H,19,20,21)/t11-,12+. The summed E-state index contributed by atoms with van der Waals surface area (Å²) >= 11 is 1.28. The van der Waals surface area contributed by atoms with Gasteiger partial charge < -0.3 is 4.90 Å². The molecule has 1 aromatic carbocycles. The van der Waals surface area contributed by atoms with Gasteiger partial charge in [-0.3, -0.25) is 9.89 Å². The zero-order valence-electron chi connectivity index (χ0n) is 13.8. The van der Waals surface area contributed by atoms with Crippen LogP contribution >= 0.6 is 11.8 Å². The Balaban J connectivity index is 1.63. The van der Waals surface area contributed by atoms with E-state index in [0.717, 1.165) is 12.8 Å². The number of nitrogens with one attached hydrogen (secondary N) is 1. The van der Waals surface area contributed by atoms with Crippen molar-refractivity contribution in [1.29, 1.82) is 0 Å². The highest BCUT2D eigenvalue weighted by molar-refractivity contribution is 7.99. The maximum absolute atomic E-state index is 13.8. The minimum atomic E-state index is -0.350. The molecule has 1 fully saturated rings. The van der Waals surface area contributed by atoms with Crippen LogP contribution in [0.1, 0.15) is 33.1 Å². The topological polar surface area (TPSA) is 61.9 Å². The lowest BCUT2D eigenvalue weighted by Gasteiger charge is -2.39. The number of rotatable bonds is 4. The first-order valence-electron chi connectivity index (χ1n) is 8.17. The summed E-state index contributed by atoms with van der Waals surface area (Å²) in [5, 5.41) is 7.27. The van der Waals surface area contributed by atoms with Crippen LogP contribution in [0.5, 0.6) is 0 Å². The molecule has 1 aliphatic rings. The first kappa shape index (κ1) is 17.0. The molecule has 0 saturated carbocycles. The number of nitrogens with zero attached hydrogens (tertiary/aromatic N) is 3. The van der Waals surface area contributed by atoms with E-state index in [4.69, 9.17) is 0 Å². The van der Waals surface area contributed by atoms with Gasteiger partial charge in [0.25, 0.3) is 0 Å². The zero-order valence-corrected chi connectivity index (χ0v) is 14.6. The lowest BCUT2D eigenvalue weighted by atomic mass is 9.98. The van der Waals surface area contributed by atoms with Crippen LogP contribution < -0.4 is 0 Å². The molecule has 1 aliphatic heterocycles. The maximum atomic E-state index is 13.8. The van der Waals surface area contributed by atoms with Gasteiger partial charge in [0.05, 0.1) is 11.3 Å². The van der Waals surface area contributed by atoms with Crippen molar-refractivity contribution in [1.82, 2.24) is 20.1 Å². The highest BCUT2D eigenvalue weighted by Crippen LogP contribution is 2.25. The van der Waals surface area contributed by atoms with E-state index in [9.17, 15) is 9.18 Å². The van der Waals surface area contributed by atoms with Gasteiger partial charge in [-0.15, -0.1) is 5.10 Å². The SMILES string of the molecule is C[C@@H]1CCC[C@H](C)N1C(=O)CSc1n[nH]c(-c2ccccc2F)n1. The minimum Gasteiger partial charge on any atom is -0.337 e. The average molecular weight is 348 g/mol. The number of carbonyl (C=O) groups is 1. The lowest BCUT2D eigenvalue weighted by Crippen LogP contribution is -2.48. The van der Waals surface area contributed by atoms with Gasteiger partial charge in [-0.2, -0.15) is 0 Å². The number of amides is 1. The van der Waals surface area contributed by atoms with Crippen LogP contribution in [0.2, 0.25) is 0 Å². The summed E-state index contributed by atoms with van der Waals surface area (Å²) in [6.45, 7) is 4.20. The van der Waals surface area contributed by atoms with Crippen LogP contribution in [-0.2, 0) is 4.79 Å². The van der Waals surface area contributed by atoms with Crippen LogP contribution in [0.15, 0.2) is 29.4 Å². The molecule has 128 valence electrons. The van der Waals surface area contributed by atoms with E-state index in [2.05, 4.69) is 29.0 Å². The Morgan fingerprint density at radius 2 is 2.04 bits per heavy atom. The number of halogens is 1. The largest absolute Gasteiger partial charge is 0.337 e. The summed E-state index contributed by atoms with van der Waals surface area (Å²) in [6.07, 6.45) is 3.28. The summed E-state index contributed by atoms with van der Waals surface area (Å²) in [4.78, 5) is 18.8. The average Bonchev–Trinajstić information content (AvgIpc) is 3.02. The molecule has 1 saturated heterocycles. The van der Waals surface area contributed by atoms with Crippen molar-refractivity contribution in [3.8, 4) is 11.4 Å². The zero-order chi connectivity index (χ0) is 17.1. The number of aromatic nitrogens is 3. The van der Waals surface area contributed by atoms with Gasteiger partial charge in [0.2, 0.25) is 11.1 Å². The second kappa shape index (κ2) is 7.34. The lowest BCUT2D eigenvalue weighted by molar-refractivity contribution is -0.134. The van der Waals surface area contributed by atoms with Gasteiger partial charge in [0.15, 0.2) is 5.82 Å². The van der Waals surface area contributed by atoms with Crippen molar-refractivity contribution in [2.24, 2.45) is 0 Å². The summed E-state index contributed by atoms with van der Waals surface area (Å²) in [5.41, 5.74) is 0.376. The molecule has 1 aromatic heterocycles. The molecule has 7 heteroatoms. The Labute approximate surface area is 145 Å². The first-order chi connectivity index (χ1) is 11.6. The third-order valence-electron chi connectivity index (χ3n) is 4.40. The van der Waals surface area contributed by atoms with Gasteiger partial charge in [-0.1, -0.05) is 23.9 Å². The fourth-order valence-electron chi connectivity index (χ4n) is 3.20. The normalized spacial score (nSPS) is 21.0. The summed E-state index contributed by atoms with van der Waals surface area (Å²) in [7, 11) is 0. The molecule has 1 amide bonds. The number of carbonyl (C=O) groups excluding carboxylic acids is 1. The van der Waals surface area contributed by atoms with Crippen molar-refractivity contribution in [2.75, 3.05) is 5.75 Å². The Morgan fingerprint density at radius 3 is 2.75 bits per heavy atom. The molecule has 1 N–H and O–H groups in total. The van der Waals surface area contributed by atoms with Crippen molar-refractivity contribution < 1.29 is 9.18 Å². The van der Waals surface area contributed by atoms with Crippen LogP contribution in [0, 0.1) is 5.82 Å². The van der Waals surface area contributed by atoms with Crippen molar-refractivity contribution >= 4 is 17.7 Å². The molecule has 0 aliphatic carbocycles. The molecule has 24 heavy (non-hydrogen) atoms. The molecule has 2 heterocycles. The van der Waals surface area contributed by atoms with E-state index in [1.165, 1.54) is 24.2 Å². The van der Waals surface area contributed by atoms with E-state index in [0.29, 0.717) is 22.3 Å². The predicted molar refractivity (Wildman–Crippen MR) is 92.1 cm³/mol. The smallest absolute Gasteiger partial charge is 0.233 e. The molecule has 5 nitrogen and oxygen atoms in total. The number of piperidine rings is 1. The van der Waals surface area contributed by atoms with Crippen LogP contribution in [-0.4, -0.2) is 43.8 Å². The second-order valence-electron chi connectivity index (χ2n) is 6.17. The maximum Gasteiger partial charge on any atom is 0.233 e. The number of benzene rings is 1. The van der Waals surface area contributed by atoms with Crippen molar-refractivity contribution in [3.05, 3.63) is 30.1 Å². The quantitative estimate of drug-likeness (QED) is 0.859. The monoisotopic (exact) mass is 348 g/mol. The van der Waals surface area contributed by atoms with Crippen molar-refractivity contribution in [3.63, 3.8) is 0 Å². The molecule has 0 radical (unpaired) electrons. The number of hydrogen-bond donors (Lipinski definition) is 1. The minimum absolute atomic E-state index is 0.108. The third-order valence-corrected chi connectivity index (χ3v) is 5.23. The molecule has 0 spiro atoms. The van der Waals surface area contributed by atoms with Gasteiger partial charge in [0.1, 0.15) is 5.82 Å². The molecular formula is C17H21FN4OS. The number of aromatic amines is 1. The van der Waals surface area contributed by atoms with Gasteiger partial charge in [-0.25, -0.2) is 9.37 Å². The highest BCUT2D eigenvalue weighted by Gasteiger charge is 2.28. The number of hydrogen-bond acceptors (Lipinski definition) is 4. The number of likely N-dealkylation sites (tertiary alicyclic amines) is 1. The Bertz CT molecular complexity index is 710. The molecule has 2 atom stereocenters. The molecular weight excluding hydrogens is 327 g/mol. The first-order valence-corrected chi connectivity index (χ1v) is 9.16. The summed E-state index contributed by atoms with van der Waals surface area (Å²) < 4.78 is 13.8.